The second kappa shape index (κ2) is 8.49. The molecular formula is C24H28N4O3. The van der Waals surface area contributed by atoms with Crippen molar-refractivity contribution in [1.29, 1.82) is 0 Å². The van der Waals surface area contributed by atoms with Crippen molar-refractivity contribution >= 4 is 6.09 Å². The lowest BCUT2D eigenvalue weighted by Gasteiger charge is -2.26. The molecule has 0 saturated heterocycles. The molecule has 4 rings (SSSR count). The lowest BCUT2D eigenvalue weighted by molar-refractivity contribution is 0.0258. The second-order valence-corrected chi connectivity index (χ2v) is 8.93. The van der Waals surface area contributed by atoms with Gasteiger partial charge in [0, 0.05) is 31.4 Å². The largest absolute Gasteiger partial charge is 0.444 e. The highest BCUT2D eigenvalue weighted by Gasteiger charge is 2.24. The van der Waals surface area contributed by atoms with Crippen LogP contribution in [0.3, 0.4) is 0 Å². The summed E-state index contributed by atoms with van der Waals surface area (Å²) in [7, 11) is 0. The Bertz CT molecular complexity index is 1070. The maximum absolute atomic E-state index is 12.4. The Labute approximate surface area is 182 Å². The average molecular weight is 421 g/mol. The second-order valence-electron chi connectivity index (χ2n) is 8.93. The molecule has 31 heavy (non-hydrogen) atoms. The number of ether oxygens (including phenoxy) is 1. The molecule has 2 aromatic heterocycles. The number of hydrogen-bond acceptors (Lipinski definition) is 6. The molecule has 0 radical (unpaired) electrons. The summed E-state index contributed by atoms with van der Waals surface area (Å²) < 4.78 is 10.7. The minimum atomic E-state index is -0.478. The van der Waals surface area contributed by atoms with E-state index >= 15 is 0 Å². The molecule has 1 aromatic carbocycles. The zero-order valence-electron chi connectivity index (χ0n) is 18.5. The molecule has 3 heterocycles. The van der Waals surface area contributed by atoms with Gasteiger partial charge in [-0.2, -0.15) is 4.98 Å². The normalized spacial score (nSPS) is 14.1. The molecule has 0 saturated carbocycles. The van der Waals surface area contributed by atoms with Crippen LogP contribution in [0, 0.1) is 6.92 Å². The molecule has 0 spiro atoms. The summed E-state index contributed by atoms with van der Waals surface area (Å²) >= 11 is 0. The number of rotatable bonds is 3. The third-order valence-corrected chi connectivity index (χ3v) is 5.21. The molecule has 0 aliphatic carbocycles. The topological polar surface area (TPSA) is 81.4 Å². The molecule has 3 aromatic rings. The number of benzene rings is 1. The summed E-state index contributed by atoms with van der Waals surface area (Å²) in [5.41, 5.74) is 5.11. The van der Waals surface area contributed by atoms with Gasteiger partial charge in [0.2, 0.25) is 0 Å². The summed E-state index contributed by atoms with van der Waals surface area (Å²) in [6.07, 6.45) is 3.94. The maximum atomic E-state index is 12.4. The Hall–Kier alpha value is -3.22. The molecule has 0 N–H and O–H groups in total. The van der Waals surface area contributed by atoms with Gasteiger partial charge in [0.15, 0.2) is 5.82 Å². The first-order valence-electron chi connectivity index (χ1n) is 10.6. The number of aromatic nitrogens is 3. The fraction of sp³-hybridized carbons (Fsp3) is 0.417. The molecule has 7 nitrogen and oxygen atoms in total. The monoisotopic (exact) mass is 420 g/mol. The lowest BCUT2D eigenvalue weighted by Crippen LogP contribution is -2.38. The Morgan fingerprint density at radius 2 is 1.90 bits per heavy atom. The molecule has 162 valence electrons. The van der Waals surface area contributed by atoms with Gasteiger partial charge in [-0.15, -0.1) is 0 Å². The van der Waals surface area contributed by atoms with Crippen molar-refractivity contribution in [3.05, 3.63) is 64.7 Å². The van der Waals surface area contributed by atoms with Crippen LogP contribution >= 0.6 is 0 Å². The average Bonchev–Trinajstić information content (AvgIpc) is 3.03. The van der Waals surface area contributed by atoms with E-state index in [9.17, 15) is 4.79 Å². The third kappa shape index (κ3) is 5.29. The fourth-order valence-corrected chi connectivity index (χ4v) is 3.68. The first-order chi connectivity index (χ1) is 14.8. The SMILES string of the molecule is Cc1noc(-c2ccc(Cc3ccc4c(c3)CCN(C(=O)OC(C)(C)C)CC4)nc2)n1. The fourth-order valence-electron chi connectivity index (χ4n) is 3.68. The van der Waals surface area contributed by atoms with E-state index in [2.05, 4.69) is 33.3 Å². The van der Waals surface area contributed by atoms with E-state index in [0.29, 0.717) is 24.8 Å². The van der Waals surface area contributed by atoms with Crippen LogP contribution in [0.25, 0.3) is 11.5 Å². The highest BCUT2D eigenvalue weighted by molar-refractivity contribution is 5.68. The Morgan fingerprint density at radius 1 is 1.13 bits per heavy atom. The van der Waals surface area contributed by atoms with Gasteiger partial charge in [0.1, 0.15) is 5.60 Å². The summed E-state index contributed by atoms with van der Waals surface area (Å²) in [6, 6.07) is 10.5. The number of aryl methyl sites for hydroxylation is 1. The van der Waals surface area contributed by atoms with E-state index in [1.165, 1.54) is 16.7 Å². The van der Waals surface area contributed by atoms with Crippen molar-refractivity contribution in [3.8, 4) is 11.5 Å². The van der Waals surface area contributed by atoms with Crippen molar-refractivity contribution in [2.24, 2.45) is 0 Å². The highest BCUT2D eigenvalue weighted by atomic mass is 16.6. The van der Waals surface area contributed by atoms with Gasteiger partial charge in [-0.1, -0.05) is 23.4 Å². The summed E-state index contributed by atoms with van der Waals surface area (Å²) in [4.78, 5) is 23.0. The molecule has 1 amide bonds. The molecule has 7 heteroatoms. The maximum Gasteiger partial charge on any atom is 0.410 e. The van der Waals surface area contributed by atoms with Crippen molar-refractivity contribution in [3.63, 3.8) is 0 Å². The predicted molar refractivity (Wildman–Crippen MR) is 117 cm³/mol. The lowest BCUT2D eigenvalue weighted by atomic mass is 9.98. The van der Waals surface area contributed by atoms with Gasteiger partial charge < -0.3 is 14.2 Å². The Balaban J connectivity index is 1.42. The van der Waals surface area contributed by atoms with Crippen molar-refractivity contribution < 1.29 is 14.1 Å². The van der Waals surface area contributed by atoms with Crippen molar-refractivity contribution in [2.45, 2.75) is 52.6 Å². The number of fused-ring (bicyclic) bond motifs is 1. The molecule has 1 aliphatic rings. The van der Waals surface area contributed by atoms with Gasteiger partial charge in [-0.25, -0.2) is 4.79 Å². The van der Waals surface area contributed by atoms with E-state index < -0.39 is 5.60 Å². The van der Waals surface area contributed by atoms with Gasteiger partial charge >= 0.3 is 6.09 Å². The number of carbonyl (C=O) groups excluding carboxylic acids is 1. The standard InChI is InChI=1S/C24H28N4O3/c1-16-26-22(31-27-16)20-7-8-21(25-15-20)14-17-5-6-18-9-11-28(12-10-19(18)13-17)23(29)30-24(2,3)4/h5-8,13,15H,9-12,14H2,1-4H3. The first-order valence-corrected chi connectivity index (χ1v) is 10.6. The zero-order valence-corrected chi connectivity index (χ0v) is 18.5. The van der Waals surface area contributed by atoms with E-state index in [0.717, 1.165) is 30.5 Å². The molecule has 0 fully saturated rings. The van der Waals surface area contributed by atoms with Crippen LogP contribution < -0.4 is 0 Å². The van der Waals surface area contributed by atoms with Gasteiger partial charge in [-0.05, 0) is 69.4 Å². The van der Waals surface area contributed by atoms with E-state index in [1.807, 2.05) is 37.8 Å². The third-order valence-electron chi connectivity index (χ3n) is 5.21. The molecule has 0 bridgehead atoms. The van der Waals surface area contributed by atoms with Gasteiger partial charge in [0.25, 0.3) is 5.89 Å². The van der Waals surface area contributed by atoms with Gasteiger partial charge in [-0.3, -0.25) is 4.98 Å². The zero-order chi connectivity index (χ0) is 22.0. The minimum Gasteiger partial charge on any atom is -0.444 e. The van der Waals surface area contributed by atoms with Crippen LogP contribution in [-0.4, -0.2) is 44.8 Å². The number of pyridine rings is 1. The van der Waals surface area contributed by atoms with Crippen LogP contribution in [0.4, 0.5) is 4.79 Å². The van der Waals surface area contributed by atoms with Crippen LogP contribution in [0.1, 0.15) is 49.0 Å². The van der Waals surface area contributed by atoms with E-state index in [4.69, 9.17) is 9.26 Å². The van der Waals surface area contributed by atoms with Crippen LogP contribution in [0.2, 0.25) is 0 Å². The molecule has 1 aliphatic heterocycles. The van der Waals surface area contributed by atoms with Gasteiger partial charge in [0.05, 0.1) is 5.56 Å². The Kier molecular flexibility index (Phi) is 5.76. The van der Waals surface area contributed by atoms with Crippen LogP contribution in [-0.2, 0) is 24.0 Å². The van der Waals surface area contributed by atoms with Crippen molar-refractivity contribution in [1.82, 2.24) is 20.0 Å². The highest BCUT2D eigenvalue weighted by Crippen LogP contribution is 2.22. The molecule has 0 atom stereocenters. The number of nitrogens with zero attached hydrogens (tertiary/aromatic N) is 4. The summed E-state index contributed by atoms with van der Waals surface area (Å²) in [5.74, 6) is 1.09. The van der Waals surface area contributed by atoms with Crippen LogP contribution in [0.15, 0.2) is 41.1 Å². The predicted octanol–water partition coefficient (Wildman–Crippen LogP) is 4.37. The molecule has 0 unspecified atom stereocenters. The number of carbonyl (C=O) groups is 1. The van der Waals surface area contributed by atoms with E-state index in [1.54, 1.807) is 13.1 Å². The van der Waals surface area contributed by atoms with Crippen LogP contribution in [0.5, 0.6) is 0 Å². The van der Waals surface area contributed by atoms with Crippen molar-refractivity contribution in [2.75, 3.05) is 13.1 Å². The minimum absolute atomic E-state index is 0.235. The Morgan fingerprint density at radius 3 is 2.55 bits per heavy atom. The number of hydrogen-bond donors (Lipinski definition) is 0. The summed E-state index contributed by atoms with van der Waals surface area (Å²) in [6.45, 7) is 8.83. The molecular weight excluding hydrogens is 392 g/mol. The summed E-state index contributed by atoms with van der Waals surface area (Å²) in [5, 5.41) is 3.82. The first kappa shape index (κ1) is 21.0. The smallest absolute Gasteiger partial charge is 0.410 e. The quantitative estimate of drug-likeness (QED) is 0.626. The number of amides is 1. The van der Waals surface area contributed by atoms with E-state index in [-0.39, 0.29) is 6.09 Å².